The van der Waals surface area contributed by atoms with E-state index in [2.05, 4.69) is 17.6 Å². The van der Waals surface area contributed by atoms with Gasteiger partial charge in [-0.05, 0) is 18.4 Å². The number of hydrogen-bond acceptors (Lipinski definition) is 3. The Balaban J connectivity index is 2.75. The normalized spacial score (nSPS) is 13.0. The van der Waals surface area contributed by atoms with Crippen LogP contribution in [0.1, 0.15) is 10.3 Å². The van der Waals surface area contributed by atoms with Gasteiger partial charge in [0.05, 0.1) is 10.3 Å². The van der Waals surface area contributed by atoms with Crippen molar-refractivity contribution in [2.75, 3.05) is 6.26 Å². The highest BCUT2D eigenvalue weighted by atomic mass is 32.2. The van der Waals surface area contributed by atoms with E-state index in [4.69, 9.17) is 0 Å². The zero-order chi connectivity index (χ0) is 7.40. The number of aromatic nitrogens is 1. The van der Waals surface area contributed by atoms with E-state index in [1.54, 1.807) is 18.0 Å². The van der Waals surface area contributed by atoms with Gasteiger partial charge in [-0.3, -0.25) is 4.98 Å². The Morgan fingerprint density at radius 3 is 2.90 bits per heavy atom. The molecular formula is C7H9NS2. The van der Waals surface area contributed by atoms with E-state index >= 15 is 0 Å². The van der Waals surface area contributed by atoms with Gasteiger partial charge < -0.3 is 0 Å². The van der Waals surface area contributed by atoms with Gasteiger partial charge in [0.25, 0.3) is 0 Å². The molecule has 1 heterocycles. The fourth-order valence-electron chi connectivity index (χ4n) is 0.643. The summed E-state index contributed by atoms with van der Waals surface area (Å²) < 4.78 is 0.209. The van der Waals surface area contributed by atoms with Gasteiger partial charge in [0, 0.05) is 6.20 Å². The van der Waals surface area contributed by atoms with Crippen molar-refractivity contribution in [3.63, 3.8) is 0 Å². The molecule has 1 aromatic heterocycles. The third-order valence-electron chi connectivity index (χ3n) is 1.16. The Morgan fingerprint density at radius 1 is 1.60 bits per heavy atom. The van der Waals surface area contributed by atoms with Gasteiger partial charge in [-0.15, -0.1) is 11.8 Å². The van der Waals surface area contributed by atoms with Crippen LogP contribution in [0.5, 0.6) is 0 Å². The van der Waals surface area contributed by atoms with Crippen LogP contribution in [0.2, 0.25) is 0 Å². The maximum absolute atomic E-state index is 4.32. The molecule has 1 nitrogen and oxygen atoms in total. The summed E-state index contributed by atoms with van der Waals surface area (Å²) in [6, 6.07) is 5.86. The summed E-state index contributed by atoms with van der Waals surface area (Å²) in [5.74, 6) is 0. The maximum Gasteiger partial charge on any atom is 0.0890 e. The van der Waals surface area contributed by atoms with Crippen molar-refractivity contribution in [2.45, 2.75) is 4.58 Å². The largest absolute Gasteiger partial charge is 0.259 e. The molecule has 3 heteroatoms. The third kappa shape index (κ3) is 1.92. The SMILES string of the molecule is CSC(S)c1ccccn1. The van der Waals surface area contributed by atoms with E-state index < -0.39 is 0 Å². The zero-order valence-electron chi connectivity index (χ0n) is 5.69. The molecule has 0 aromatic carbocycles. The Bertz CT molecular complexity index is 188. The van der Waals surface area contributed by atoms with Crippen molar-refractivity contribution in [3.8, 4) is 0 Å². The minimum Gasteiger partial charge on any atom is -0.259 e. The molecule has 10 heavy (non-hydrogen) atoms. The van der Waals surface area contributed by atoms with Crippen molar-refractivity contribution in [3.05, 3.63) is 30.1 Å². The summed E-state index contributed by atoms with van der Waals surface area (Å²) >= 11 is 6.00. The zero-order valence-corrected chi connectivity index (χ0v) is 7.40. The molecule has 1 aromatic rings. The average Bonchev–Trinajstić information content (AvgIpc) is 2.05. The number of rotatable bonds is 2. The Hall–Kier alpha value is -0.150. The molecule has 0 aliphatic rings. The maximum atomic E-state index is 4.32. The van der Waals surface area contributed by atoms with Crippen LogP contribution < -0.4 is 0 Å². The molecule has 0 aliphatic carbocycles. The minimum absolute atomic E-state index is 0.209. The number of hydrogen-bond donors (Lipinski definition) is 1. The Morgan fingerprint density at radius 2 is 2.40 bits per heavy atom. The lowest BCUT2D eigenvalue weighted by Crippen LogP contribution is -1.86. The highest BCUT2D eigenvalue weighted by Crippen LogP contribution is 2.27. The molecule has 0 aliphatic heterocycles. The monoisotopic (exact) mass is 171 g/mol. The molecule has 0 saturated carbocycles. The Kier molecular flexibility index (Phi) is 3.09. The molecule has 1 unspecified atom stereocenters. The average molecular weight is 171 g/mol. The van der Waals surface area contributed by atoms with E-state index in [0.29, 0.717) is 0 Å². The Labute approximate surface area is 70.7 Å². The van der Waals surface area contributed by atoms with Crippen molar-refractivity contribution >= 4 is 24.4 Å². The molecule has 0 saturated heterocycles. The molecule has 0 amide bonds. The second-order valence-corrected chi connectivity index (χ2v) is 3.65. The lowest BCUT2D eigenvalue weighted by atomic mass is 10.4. The fourth-order valence-corrected chi connectivity index (χ4v) is 1.18. The smallest absolute Gasteiger partial charge is 0.0890 e. The molecule has 1 atom stereocenters. The molecule has 0 spiro atoms. The molecule has 0 fully saturated rings. The second kappa shape index (κ2) is 3.88. The van der Waals surface area contributed by atoms with Crippen LogP contribution in [0.4, 0.5) is 0 Å². The molecular weight excluding hydrogens is 162 g/mol. The first kappa shape index (κ1) is 7.95. The van der Waals surface area contributed by atoms with Gasteiger partial charge in [-0.25, -0.2) is 0 Å². The summed E-state index contributed by atoms with van der Waals surface area (Å²) in [6.07, 6.45) is 3.81. The molecule has 0 N–H and O–H groups in total. The van der Waals surface area contributed by atoms with Gasteiger partial charge in [0.15, 0.2) is 0 Å². The van der Waals surface area contributed by atoms with Crippen LogP contribution in [0, 0.1) is 0 Å². The van der Waals surface area contributed by atoms with Gasteiger partial charge in [0.2, 0.25) is 0 Å². The lowest BCUT2D eigenvalue weighted by molar-refractivity contribution is 1.17. The van der Waals surface area contributed by atoms with Gasteiger partial charge in [-0.1, -0.05) is 6.07 Å². The highest BCUT2D eigenvalue weighted by Gasteiger charge is 2.02. The van der Waals surface area contributed by atoms with E-state index in [9.17, 15) is 0 Å². The first-order valence-corrected chi connectivity index (χ1v) is 4.77. The van der Waals surface area contributed by atoms with Gasteiger partial charge in [-0.2, -0.15) is 12.6 Å². The van der Waals surface area contributed by atoms with Gasteiger partial charge >= 0.3 is 0 Å². The van der Waals surface area contributed by atoms with E-state index in [1.165, 1.54) is 0 Å². The van der Waals surface area contributed by atoms with Crippen LogP contribution >= 0.6 is 24.4 Å². The molecule has 54 valence electrons. The topological polar surface area (TPSA) is 12.9 Å². The standard InChI is InChI=1S/C7H9NS2/c1-10-7(9)6-4-2-3-5-8-6/h2-5,7,9H,1H3. The molecule has 0 bridgehead atoms. The summed E-state index contributed by atoms with van der Waals surface area (Å²) in [7, 11) is 0. The van der Waals surface area contributed by atoms with Crippen molar-refractivity contribution in [1.82, 2.24) is 4.98 Å². The summed E-state index contributed by atoms with van der Waals surface area (Å²) in [5, 5.41) is 0. The van der Waals surface area contributed by atoms with E-state index in [1.807, 2.05) is 24.5 Å². The van der Waals surface area contributed by atoms with Crippen molar-refractivity contribution < 1.29 is 0 Å². The van der Waals surface area contributed by atoms with Crippen molar-refractivity contribution in [2.24, 2.45) is 0 Å². The first-order chi connectivity index (χ1) is 4.84. The van der Waals surface area contributed by atoms with E-state index in [0.717, 1.165) is 5.69 Å². The quantitative estimate of drug-likeness (QED) is 0.542. The first-order valence-electron chi connectivity index (χ1n) is 2.96. The predicted octanol–water partition coefficient (Wildman–Crippen LogP) is 2.37. The summed E-state index contributed by atoms with van der Waals surface area (Å²) in [6.45, 7) is 0. The van der Waals surface area contributed by atoms with E-state index in [-0.39, 0.29) is 4.58 Å². The molecule has 1 rings (SSSR count). The van der Waals surface area contributed by atoms with Gasteiger partial charge in [0.1, 0.15) is 0 Å². The summed E-state index contributed by atoms with van der Waals surface area (Å²) in [5.41, 5.74) is 1.03. The lowest BCUT2D eigenvalue weighted by Gasteiger charge is -2.04. The van der Waals surface area contributed by atoms with Crippen LogP contribution in [-0.2, 0) is 0 Å². The van der Waals surface area contributed by atoms with Crippen LogP contribution in [-0.4, -0.2) is 11.2 Å². The summed E-state index contributed by atoms with van der Waals surface area (Å²) in [4.78, 5) is 4.15. The van der Waals surface area contributed by atoms with Crippen LogP contribution in [0.3, 0.4) is 0 Å². The number of pyridine rings is 1. The third-order valence-corrected chi connectivity index (χ3v) is 2.75. The van der Waals surface area contributed by atoms with Crippen LogP contribution in [0.15, 0.2) is 24.4 Å². The highest BCUT2D eigenvalue weighted by molar-refractivity contribution is 8.09. The fraction of sp³-hybridized carbons (Fsp3) is 0.286. The number of thiol groups is 1. The second-order valence-electron chi connectivity index (χ2n) is 1.84. The van der Waals surface area contributed by atoms with Crippen LogP contribution in [0.25, 0.3) is 0 Å². The number of thioether (sulfide) groups is 1. The number of nitrogens with zero attached hydrogens (tertiary/aromatic N) is 1. The minimum atomic E-state index is 0.209. The molecule has 0 radical (unpaired) electrons. The van der Waals surface area contributed by atoms with Crippen molar-refractivity contribution in [1.29, 1.82) is 0 Å². The predicted molar refractivity (Wildman–Crippen MR) is 49.5 cm³/mol.